The van der Waals surface area contributed by atoms with Crippen LogP contribution in [0.15, 0.2) is 33.5 Å². The summed E-state index contributed by atoms with van der Waals surface area (Å²) in [7, 11) is 0. The van der Waals surface area contributed by atoms with Crippen molar-refractivity contribution < 1.29 is 46.2 Å². The van der Waals surface area contributed by atoms with Gasteiger partial charge in [0.2, 0.25) is 5.56 Å². The summed E-state index contributed by atoms with van der Waals surface area (Å²) in [6.45, 7) is 1.30. The van der Waals surface area contributed by atoms with Gasteiger partial charge in [0.1, 0.15) is 12.4 Å². The monoisotopic (exact) mass is 595 g/mol. The molecule has 1 radical (unpaired) electrons. The number of alkyl halides is 2. The molecule has 2 rings (SSSR count). The van der Waals surface area contributed by atoms with Gasteiger partial charge in [0.25, 0.3) is 6.43 Å². The molecule has 3 nitrogen and oxygen atoms in total. The summed E-state index contributed by atoms with van der Waals surface area (Å²) < 4.78 is 33.1. The van der Waals surface area contributed by atoms with E-state index in [2.05, 4.69) is 33.8 Å². The van der Waals surface area contributed by atoms with Gasteiger partial charge in [0, 0.05) is 32.7 Å². The molecule has 8 heteroatoms. The first-order valence-corrected chi connectivity index (χ1v) is 8.72. The van der Waals surface area contributed by atoms with E-state index in [-0.39, 0.29) is 39.3 Å². The molecule has 0 saturated heterocycles. The van der Waals surface area contributed by atoms with Crippen LogP contribution in [0.4, 0.5) is 8.78 Å². The third-order valence-corrected chi connectivity index (χ3v) is 4.49. The van der Waals surface area contributed by atoms with Crippen LogP contribution in [0, 0.1) is 21.5 Å². The molecule has 0 aliphatic rings. The summed E-state index contributed by atoms with van der Waals surface area (Å²) in [5, 5.41) is 0. The Balaban J connectivity index is 0.00000312. The summed E-state index contributed by atoms with van der Waals surface area (Å²) in [5.41, 5.74) is 0.417. The van der Waals surface area contributed by atoms with Gasteiger partial charge in [-0.3, -0.25) is 4.79 Å². The zero-order chi connectivity index (χ0) is 17.7. The molecule has 1 aromatic carbocycles. The minimum Gasteiger partial charge on any atom is -0.481 e. The fourth-order valence-corrected chi connectivity index (χ4v) is 3.00. The molecule has 2 aromatic rings. The summed E-state index contributed by atoms with van der Waals surface area (Å²) >= 11 is 5.21. The van der Waals surface area contributed by atoms with Gasteiger partial charge >= 0.3 is 0 Å². The number of benzene rings is 1. The van der Waals surface area contributed by atoms with E-state index in [1.54, 1.807) is 25.1 Å². The third-order valence-electron chi connectivity index (χ3n) is 3.06. The Hall–Kier alpha value is -0.296. The number of pyridine rings is 1. The first-order valence-electron chi connectivity index (χ1n) is 6.85. The van der Waals surface area contributed by atoms with Crippen LogP contribution in [0.25, 0.3) is 11.3 Å². The number of ether oxygens (including phenoxy) is 1. The summed E-state index contributed by atoms with van der Waals surface area (Å²) in [6, 6.07) is 9.50. The topological polar surface area (TPSA) is 31.2 Å². The zero-order valence-corrected chi connectivity index (χ0v) is 19.7. The second-order valence-corrected chi connectivity index (χ2v) is 6.67. The minimum absolute atomic E-state index is 0. The van der Waals surface area contributed by atoms with Crippen LogP contribution >= 0.6 is 38.5 Å². The molecule has 0 atom stereocenters. The standard InChI is InChI=1S/C17H12BrF2INO2.Y/c1-2-3-8-24-11-4-5-12(13(18)9-11)15-7-6-14(21)17(23)22(15)10-16(19)20;/h4-6,9,16H,8,10H2,1H3;/q-1;. The van der Waals surface area contributed by atoms with Crippen molar-refractivity contribution in [2.45, 2.75) is 19.9 Å². The quantitative estimate of drug-likeness (QED) is 0.293. The van der Waals surface area contributed by atoms with Crippen LogP contribution < -0.4 is 10.3 Å². The van der Waals surface area contributed by atoms with E-state index >= 15 is 0 Å². The van der Waals surface area contributed by atoms with Gasteiger partial charge in [-0.2, -0.15) is 12.1 Å². The molecule has 0 aliphatic carbocycles. The van der Waals surface area contributed by atoms with Crippen LogP contribution in [0.2, 0.25) is 0 Å². The van der Waals surface area contributed by atoms with E-state index in [0.29, 0.717) is 25.0 Å². The van der Waals surface area contributed by atoms with E-state index in [1.807, 2.05) is 22.6 Å². The maximum Gasteiger partial charge on any atom is 0.256 e. The second-order valence-electron chi connectivity index (χ2n) is 4.65. The molecule has 1 heterocycles. The van der Waals surface area contributed by atoms with Crippen molar-refractivity contribution in [3.05, 3.63) is 48.7 Å². The second kappa shape index (κ2) is 10.8. The molecule has 0 spiro atoms. The van der Waals surface area contributed by atoms with Gasteiger partial charge < -0.3 is 9.30 Å². The van der Waals surface area contributed by atoms with Crippen molar-refractivity contribution in [2.24, 2.45) is 0 Å². The number of rotatable bonds is 5. The maximum atomic E-state index is 12.8. The molecule has 129 valence electrons. The van der Waals surface area contributed by atoms with E-state index in [4.69, 9.17) is 4.74 Å². The van der Waals surface area contributed by atoms with Gasteiger partial charge in [-0.15, -0.1) is 34.6 Å². The van der Waals surface area contributed by atoms with E-state index in [9.17, 15) is 13.6 Å². The van der Waals surface area contributed by atoms with Crippen LogP contribution in [0.1, 0.15) is 6.92 Å². The van der Waals surface area contributed by atoms with Crippen LogP contribution in [-0.4, -0.2) is 17.6 Å². The average molecular weight is 596 g/mol. The molecule has 25 heavy (non-hydrogen) atoms. The molecule has 0 unspecified atom stereocenters. The van der Waals surface area contributed by atoms with Gasteiger partial charge in [-0.25, -0.2) is 8.78 Å². The van der Waals surface area contributed by atoms with Crippen LogP contribution in [0.3, 0.4) is 0 Å². The van der Waals surface area contributed by atoms with Crippen LogP contribution in [-0.2, 0) is 39.3 Å². The Morgan fingerprint density at radius 1 is 1.44 bits per heavy atom. The van der Waals surface area contributed by atoms with Gasteiger partial charge in [0.05, 0.1) is 6.54 Å². The maximum absolute atomic E-state index is 12.8. The molecular formula is C17H12BrF2INO2Y-. The number of aromatic nitrogens is 1. The largest absolute Gasteiger partial charge is 0.481 e. The Morgan fingerprint density at radius 3 is 2.76 bits per heavy atom. The van der Waals surface area contributed by atoms with Crippen molar-refractivity contribution in [2.75, 3.05) is 6.61 Å². The molecule has 0 N–H and O–H groups in total. The minimum atomic E-state index is -2.64. The average Bonchev–Trinajstić information content (AvgIpc) is 2.53. The Bertz CT molecular complexity index is 862. The summed E-state index contributed by atoms with van der Waals surface area (Å²) in [5.74, 6) is 6.09. The SMILES string of the molecule is CC#CCOc1ccc(-c2[c-]cc(I)c(=O)n2CC(F)F)c(Br)c1.[Y]. The molecule has 0 bridgehead atoms. The fourth-order valence-electron chi connectivity index (χ4n) is 2.01. The molecule has 0 fully saturated rings. The molecular weight excluding hydrogens is 584 g/mol. The van der Waals surface area contributed by atoms with E-state index in [0.717, 1.165) is 4.57 Å². The molecule has 0 amide bonds. The van der Waals surface area contributed by atoms with Gasteiger partial charge in [0.15, 0.2) is 0 Å². The Labute approximate surface area is 191 Å². The Morgan fingerprint density at radius 2 is 2.16 bits per heavy atom. The zero-order valence-electron chi connectivity index (χ0n) is 13.2. The summed E-state index contributed by atoms with van der Waals surface area (Å²) in [6.07, 6.45) is -2.64. The molecule has 0 aliphatic heterocycles. The van der Waals surface area contributed by atoms with E-state index < -0.39 is 18.5 Å². The van der Waals surface area contributed by atoms with Crippen molar-refractivity contribution in [1.82, 2.24) is 4.57 Å². The van der Waals surface area contributed by atoms with Gasteiger partial charge in [-0.05, 0) is 27.1 Å². The van der Waals surface area contributed by atoms with Crippen molar-refractivity contribution in [1.29, 1.82) is 0 Å². The number of nitrogens with zero attached hydrogens (tertiary/aromatic N) is 1. The number of hydrogen-bond acceptors (Lipinski definition) is 2. The van der Waals surface area contributed by atoms with E-state index in [1.165, 1.54) is 6.07 Å². The first kappa shape index (κ1) is 22.7. The van der Waals surface area contributed by atoms with Crippen LogP contribution in [0.5, 0.6) is 5.75 Å². The predicted octanol–water partition coefficient (Wildman–Crippen LogP) is 4.35. The van der Waals surface area contributed by atoms with Crippen molar-refractivity contribution in [3.63, 3.8) is 0 Å². The molecule has 0 saturated carbocycles. The van der Waals surface area contributed by atoms with Crippen molar-refractivity contribution in [3.8, 4) is 28.8 Å². The first-order chi connectivity index (χ1) is 11.4. The summed E-state index contributed by atoms with van der Waals surface area (Å²) in [4.78, 5) is 12.2. The van der Waals surface area contributed by atoms with Gasteiger partial charge in [-0.1, -0.05) is 33.1 Å². The molecule has 1 aromatic heterocycles. The normalized spacial score (nSPS) is 10.0. The fraction of sp³-hybridized carbons (Fsp3) is 0.235. The predicted molar refractivity (Wildman–Crippen MR) is 100 cm³/mol. The number of halogens is 4. The smallest absolute Gasteiger partial charge is 0.256 e. The third kappa shape index (κ3) is 6.12. The van der Waals surface area contributed by atoms with Crippen molar-refractivity contribution >= 4 is 38.5 Å². The number of hydrogen-bond donors (Lipinski definition) is 0. The Kier molecular flexibility index (Phi) is 9.79.